The summed E-state index contributed by atoms with van der Waals surface area (Å²) in [6, 6.07) is 0. The molecule has 0 atom stereocenters. The summed E-state index contributed by atoms with van der Waals surface area (Å²) >= 11 is 2.03. The van der Waals surface area contributed by atoms with Crippen molar-refractivity contribution in [2.45, 2.75) is 63.5 Å². The molecule has 1 aliphatic heterocycles. The number of carbonyl (C=O) groups is 1. The third-order valence-corrected chi connectivity index (χ3v) is 6.91. The van der Waals surface area contributed by atoms with Gasteiger partial charge >= 0.3 is 0 Å². The molecule has 1 amide bonds. The average molecular weight is 350 g/mol. The Kier molecular flexibility index (Phi) is 5.33. The smallest absolute Gasteiger partial charge is 0.277 e. The first-order valence-electron chi connectivity index (χ1n) is 9.14. The molecule has 0 bridgehead atoms. The van der Waals surface area contributed by atoms with Crippen LogP contribution in [0.1, 0.15) is 67.6 Å². The molecule has 1 aliphatic carbocycles. The van der Waals surface area contributed by atoms with Gasteiger partial charge in [0.2, 0.25) is 0 Å². The second kappa shape index (κ2) is 7.30. The van der Waals surface area contributed by atoms with E-state index in [4.69, 9.17) is 0 Å². The fraction of sp³-hybridized carbons (Fsp3) is 0.722. The molecule has 1 saturated carbocycles. The van der Waals surface area contributed by atoms with Gasteiger partial charge in [-0.25, -0.2) is 5.10 Å². The van der Waals surface area contributed by atoms with Crippen LogP contribution >= 0.6 is 11.8 Å². The summed E-state index contributed by atoms with van der Waals surface area (Å²) in [7, 11) is 0. The van der Waals surface area contributed by atoms with Crippen molar-refractivity contribution in [3.63, 3.8) is 0 Å². The highest BCUT2D eigenvalue weighted by Crippen LogP contribution is 2.43. The SMILES string of the molecule is CCc1n[nH]c(=O)c(C(=O)N2CCSC3(CCCCC3)C2)c1CC. The molecule has 0 radical (unpaired) electrons. The zero-order valence-corrected chi connectivity index (χ0v) is 15.5. The van der Waals surface area contributed by atoms with E-state index in [9.17, 15) is 9.59 Å². The molecule has 0 unspecified atom stereocenters. The van der Waals surface area contributed by atoms with Crippen LogP contribution in [-0.4, -0.2) is 44.6 Å². The number of aromatic amines is 1. The summed E-state index contributed by atoms with van der Waals surface area (Å²) in [6.45, 7) is 5.50. The van der Waals surface area contributed by atoms with E-state index in [1.54, 1.807) is 0 Å². The van der Waals surface area contributed by atoms with Crippen LogP contribution in [0.5, 0.6) is 0 Å². The molecule has 0 aromatic carbocycles. The Bertz CT molecular complexity index is 659. The Labute approximate surface area is 147 Å². The zero-order valence-electron chi connectivity index (χ0n) is 14.7. The van der Waals surface area contributed by atoms with Gasteiger partial charge < -0.3 is 4.90 Å². The van der Waals surface area contributed by atoms with Crippen LogP contribution in [0.15, 0.2) is 4.79 Å². The number of carbonyl (C=O) groups excluding carboxylic acids is 1. The lowest BCUT2D eigenvalue weighted by Gasteiger charge is -2.44. The average Bonchev–Trinajstić information content (AvgIpc) is 2.61. The van der Waals surface area contributed by atoms with E-state index < -0.39 is 0 Å². The van der Waals surface area contributed by atoms with Gasteiger partial charge in [-0.3, -0.25) is 9.59 Å². The van der Waals surface area contributed by atoms with Crippen LogP contribution < -0.4 is 5.56 Å². The third kappa shape index (κ3) is 3.25. The molecule has 6 heteroatoms. The highest BCUT2D eigenvalue weighted by molar-refractivity contribution is 8.00. The number of hydrogen-bond acceptors (Lipinski definition) is 4. The van der Waals surface area contributed by atoms with Crippen molar-refractivity contribution in [3.05, 3.63) is 27.2 Å². The van der Waals surface area contributed by atoms with E-state index in [0.29, 0.717) is 12.0 Å². The molecule has 1 saturated heterocycles. The lowest BCUT2D eigenvalue weighted by Crippen LogP contribution is -2.51. The van der Waals surface area contributed by atoms with Gasteiger partial charge in [-0.2, -0.15) is 16.9 Å². The van der Waals surface area contributed by atoms with Crippen molar-refractivity contribution in [2.75, 3.05) is 18.8 Å². The second-order valence-corrected chi connectivity index (χ2v) is 8.44. The van der Waals surface area contributed by atoms with Gasteiger partial charge in [0.15, 0.2) is 0 Å². The molecular weight excluding hydrogens is 322 g/mol. The largest absolute Gasteiger partial charge is 0.336 e. The van der Waals surface area contributed by atoms with E-state index in [1.807, 2.05) is 30.5 Å². The second-order valence-electron chi connectivity index (χ2n) is 6.88. The minimum atomic E-state index is -0.343. The first-order chi connectivity index (χ1) is 11.6. The van der Waals surface area contributed by atoms with Crippen molar-refractivity contribution in [1.29, 1.82) is 0 Å². The Hall–Kier alpha value is -1.30. The molecule has 1 aromatic heterocycles. The fourth-order valence-corrected chi connectivity index (χ4v) is 5.67. The van der Waals surface area contributed by atoms with Crippen LogP contribution in [-0.2, 0) is 12.8 Å². The topological polar surface area (TPSA) is 66.1 Å². The molecule has 3 rings (SSSR count). The maximum Gasteiger partial charge on any atom is 0.277 e. The maximum absolute atomic E-state index is 13.2. The molecule has 2 heterocycles. The minimum Gasteiger partial charge on any atom is -0.336 e. The van der Waals surface area contributed by atoms with Gasteiger partial charge in [0.05, 0.1) is 5.69 Å². The molecule has 1 spiro atoms. The lowest BCUT2D eigenvalue weighted by atomic mass is 9.87. The summed E-state index contributed by atoms with van der Waals surface area (Å²) in [5.41, 5.74) is 1.63. The Morgan fingerprint density at radius 3 is 2.67 bits per heavy atom. The number of thioether (sulfide) groups is 1. The van der Waals surface area contributed by atoms with Crippen LogP contribution in [0.3, 0.4) is 0 Å². The van der Waals surface area contributed by atoms with Gasteiger partial charge in [0.25, 0.3) is 11.5 Å². The van der Waals surface area contributed by atoms with E-state index in [-0.39, 0.29) is 16.2 Å². The first-order valence-corrected chi connectivity index (χ1v) is 10.1. The zero-order chi connectivity index (χ0) is 17.2. The van der Waals surface area contributed by atoms with Gasteiger partial charge in [-0.1, -0.05) is 33.1 Å². The molecule has 132 valence electrons. The van der Waals surface area contributed by atoms with Crippen LogP contribution in [0, 0.1) is 0 Å². The Morgan fingerprint density at radius 1 is 1.25 bits per heavy atom. The molecule has 1 N–H and O–H groups in total. The minimum absolute atomic E-state index is 0.101. The molecule has 1 aromatic rings. The van der Waals surface area contributed by atoms with Crippen LogP contribution in [0.4, 0.5) is 0 Å². The number of H-pyrrole nitrogens is 1. The number of nitrogens with one attached hydrogen (secondary N) is 1. The quantitative estimate of drug-likeness (QED) is 0.911. The van der Waals surface area contributed by atoms with Gasteiger partial charge in [0.1, 0.15) is 5.56 Å². The van der Waals surface area contributed by atoms with Crippen molar-refractivity contribution in [3.8, 4) is 0 Å². The number of aryl methyl sites for hydroxylation is 1. The lowest BCUT2D eigenvalue weighted by molar-refractivity contribution is 0.0726. The predicted octanol–water partition coefficient (Wildman–Crippen LogP) is 2.79. The normalized spacial score (nSPS) is 20.3. The summed E-state index contributed by atoms with van der Waals surface area (Å²) < 4.78 is 0.214. The third-order valence-electron chi connectivity index (χ3n) is 5.37. The number of aromatic nitrogens is 2. The van der Waals surface area contributed by atoms with Crippen molar-refractivity contribution in [1.82, 2.24) is 15.1 Å². The van der Waals surface area contributed by atoms with Gasteiger partial charge in [-0.15, -0.1) is 0 Å². The maximum atomic E-state index is 13.2. The number of amides is 1. The summed E-state index contributed by atoms with van der Waals surface area (Å²) in [5, 5.41) is 6.65. The fourth-order valence-electron chi connectivity index (χ4n) is 4.10. The predicted molar refractivity (Wildman–Crippen MR) is 97.8 cm³/mol. The Morgan fingerprint density at radius 2 is 2.00 bits per heavy atom. The first kappa shape index (κ1) is 17.5. The molecule has 24 heavy (non-hydrogen) atoms. The number of rotatable bonds is 3. The van der Waals surface area contributed by atoms with Gasteiger partial charge in [0, 0.05) is 23.6 Å². The van der Waals surface area contributed by atoms with Crippen LogP contribution in [0.2, 0.25) is 0 Å². The standard InChI is InChI=1S/C18H27N3O2S/c1-3-13-14(4-2)19-20-16(22)15(13)17(23)21-10-11-24-18(12-21)8-6-5-7-9-18/h3-12H2,1-2H3,(H,20,22). The van der Waals surface area contributed by atoms with Crippen molar-refractivity contribution >= 4 is 17.7 Å². The van der Waals surface area contributed by atoms with Crippen molar-refractivity contribution in [2.24, 2.45) is 0 Å². The highest BCUT2D eigenvalue weighted by Gasteiger charge is 2.39. The van der Waals surface area contributed by atoms with Crippen molar-refractivity contribution < 1.29 is 4.79 Å². The van der Waals surface area contributed by atoms with E-state index >= 15 is 0 Å². The van der Waals surface area contributed by atoms with Crippen LogP contribution in [0.25, 0.3) is 0 Å². The highest BCUT2D eigenvalue weighted by atomic mass is 32.2. The molecule has 2 aliphatic rings. The summed E-state index contributed by atoms with van der Waals surface area (Å²) in [6.07, 6.45) is 7.58. The van der Waals surface area contributed by atoms with E-state index in [0.717, 1.165) is 36.5 Å². The van der Waals surface area contributed by atoms with E-state index in [2.05, 4.69) is 10.2 Å². The summed E-state index contributed by atoms with van der Waals surface area (Å²) in [5.74, 6) is 0.868. The monoisotopic (exact) mass is 349 g/mol. The Balaban J connectivity index is 1.90. The van der Waals surface area contributed by atoms with Gasteiger partial charge in [-0.05, 0) is 31.2 Å². The number of nitrogens with zero attached hydrogens (tertiary/aromatic N) is 2. The molecule has 5 nitrogen and oxygen atoms in total. The molecule has 2 fully saturated rings. The summed E-state index contributed by atoms with van der Waals surface area (Å²) in [4.78, 5) is 27.4. The van der Waals surface area contributed by atoms with E-state index in [1.165, 1.54) is 32.1 Å². The molecular formula is C18H27N3O2S. The number of hydrogen-bond donors (Lipinski definition) is 1.